The van der Waals surface area contributed by atoms with Gasteiger partial charge in [0.05, 0.1) is 6.61 Å². The predicted molar refractivity (Wildman–Crippen MR) is 86.2 cm³/mol. The van der Waals surface area contributed by atoms with Crippen LogP contribution in [0, 0.1) is 0 Å². The molecule has 1 unspecified atom stereocenters. The van der Waals surface area contributed by atoms with Crippen LogP contribution in [0.2, 0.25) is 0 Å². The number of ether oxygens (including phenoxy) is 1. The van der Waals surface area contributed by atoms with Crippen molar-refractivity contribution in [3.8, 4) is 5.75 Å². The van der Waals surface area contributed by atoms with Gasteiger partial charge in [-0.15, -0.1) is 0 Å². The third-order valence-corrected chi connectivity index (χ3v) is 6.09. The van der Waals surface area contributed by atoms with Gasteiger partial charge in [-0.1, -0.05) is 22.9 Å². The molecule has 1 fully saturated rings. The molecular weight excluding hydrogens is 356 g/mol. The molecule has 1 N–H and O–H groups in total. The number of sulfonamides is 1. The fourth-order valence-corrected chi connectivity index (χ4v) is 4.93. The summed E-state index contributed by atoms with van der Waals surface area (Å²) in [5.41, 5.74) is 0. The van der Waals surface area contributed by atoms with Crippen molar-refractivity contribution < 1.29 is 13.2 Å². The molecule has 0 saturated carbocycles. The Morgan fingerprint density at radius 1 is 1.43 bits per heavy atom. The van der Waals surface area contributed by atoms with Crippen LogP contribution in [-0.4, -0.2) is 45.0 Å². The standard InChI is InChI=1S/C14H21BrN2O3S/c1-3-17(12-7-8-16-10-12)21(18,19)14-9-11(15)5-6-13(14)20-4-2/h5-6,9,12,16H,3-4,7-8,10H2,1-2H3. The van der Waals surface area contributed by atoms with Gasteiger partial charge < -0.3 is 10.1 Å². The van der Waals surface area contributed by atoms with E-state index in [0.29, 0.717) is 25.4 Å². The normalized spacial score (nSPS) is 19.1. The number of benzene rings is 1. The van der Waals surface area contributed by atoms with Crippen molar-refractivity contribution in [2.75, 3.05) is 26.2 Å². The van der Waals surface area contributed by atoms with Crippen LogP contribution in [0.5, 0.6) is 5.75 Å². The average Bonchev–Trinajstić information content (AvgIpc) is 2.95. The zero-order valence-electron chi connectivity index (χ0n) is 12.3. The number of hydrogen-bond acceptors (Lipinski definition) is 4. The lowest BCUT2D eigenvalue weighted by Gasteiger charge is -2.27. The molecule has 1 heterocycles. The second-order valence-corrected chi connectivity index (χ2v) is 7.65. The summed E-state index contributed by atoms with van der Waals surface area (Å²) in [7, 11) is -3.57. The summed E-state index contributed by atoms with van der Waals surface area (Å²) >= 11 is 3.34. The van der Waals surface area contributed by atoms with Crippen molar-refractivity contribution in [3.63, 3.8) is 0 Å². The van der Waals surface area contributed by atoms with Gasteiger partial charge in [-0.25, -0.2) is 8.42 Å². The van der Waals surface area contributed by atoms with Gasteiger partial charge in [-0.3, -0.25) is 0 Å². The average molecular weight is 377 g/mol. The first-order chi connectivity index (χ1) is 10.0. The molecule has 1 aliphatic rings. The highest BCUT2D eigenvalue weighted by Crippen LogP contribution is 2.31. The summed E-state index contributed by atoms with van der Waals surface area (Å²) < 4.78 is 33.8. The zero-order chi connectivity index (χ0) is 15.5. The van der Waals surface area contributed by atoms with Gasteiger partial charge in [0.2, 0.25) is 10.0 Å². The molecule has 1 atom stereocenters. The maximum Gasteiger partial charge on any atom is 0.247 e. The first kappa shape index (κ1) is 16.7. The van der Waals surface area contributed by atoms with E-state index in [2.05, 4.69) is 21.2 Å². The Labute approximate surface area is 134 Å². The fourth-order valence-electron chi connectivity index (χ4n) is 2.59. The molecular formula is C14H21BrN2O3S. The van der Waals surface area contributed by atoms with Gasteiger partial charge in [0, 0.05) is 23.6 Å². The third kappa shape index (κ3) is 3.59. The molecule has 118 valence electrons. The summed E-state index contributed by atoms with van der Waals surface area (Å²) in [5.74, 6) is 0.408. The van der Waals surface area contributed by atoms with Gasteiger partial charge in [0.15, 0.2) is 0 Å². The third-order valence-electron chi connectivity index (χ3n) is 3.55. The fraction of sp³-hybridized carbons (Fsp3) is 0.571. The van der Waals surface area contributed by atoms with Crippen LogP contribution in [0.25, 0.3) is 0 Å². The molecule has 7 heteroatoms. The van der Waals surface area contributed by atoms with E-state index in [-0.39, 0.29) is 10.9 Å². The summed E-state index contributed by atoms with van der Waals surface area (Å²) in [5, 5.41) is 3.22. The van der Waals surface area contributed by atoms with Crippen LogP contribution in [0.4, 0.5) is 0 Å². The highest BCUT2D eigenvalue weighted by molar-refractivity contribution is 9.10. The van der Waals surface area contributed by atoms with E-state index in [0.717, 1.165) is 17.4 Å². The topological polar surface area (TPSA) is 58.6 Å². The molecule has 5 nitrogen and oxygen atoms in total. The lowest BCUT2D eigenvalue weighted by Crippen LogP contribution is -2.41. The Morgan fingerprint density at radius 2 is 2.19 bits per heavy atom. The molecule has 1 aromatic carbocycles. The number of hydrogen-bond donors (Lipinski definition) is 1. The first-order valence-corrected chi connectivity index (χ1v) is 9.39. The predicted octanol–water partition coefficient (Wildman–Crippen LogP) is 2.22. The number of nitrogens with zero attached hydrogens (tertiary/aromatic N) is 1. The largest absolute Gasteiger partial charge is 0.492 e. The van der Waals surface area contributed by atoms with Gasteiger partial charge >= 0.3 is 0 Å². The van der Waals surface area contributed by atoms with Crippen LogP contribution in [-0.2, 0) is 10.0 Å². The van der Waals surface area contributed by atoms with E-state index < -0.39 is 10.0 Å². The molecule has 1 saturated heterocycles. The number of rotatable bonds is 6. The van der Waals surface area contributed by atoms with Crippen molar-refractivity contribution in [3.05, 3.63) is 22.7 Å². The number of likely N-dealkylation sites (N-methyl/N-ethyl adjacent to an activating group) is 1. The van der Waals surface area contributed by atoms with Crippen LogP contribution in [0.1, 0.15) is 20.3 Å². The van der Waals surface area contributed by atoms with Crippen LogP contribution in [0.15, 0.2) is 27.6 Å². The summed E-state index contributed by atoms with van der Waals surface area (Å²) in [6, 6.07) is 5.11. The minimum atomic E-state index is -3.57. The Hall–Kier alpha value is -0.630. The van der Waals surface area contributed by atoms with Crippen molar-refractivity contribution in [1.29, 1.82) is 0 Å². The molecule has 0 radical (unpaired) electrons. The zero-order valence-corrected chi connectivity index (χ0v) is 14.7. The lowest BCUT2D eigenvalue weighted by atomic mass is 10.3. The first-order valence-electron chi connectivity index (χ1n) is 7.15. The smallest absolute Gasteiger partial charge is 0.247 e. The highest BCUT2D eigenvalue weighted by Gasteiger charge is 2.34. The SMILES string of the molecule is CCOc1ccc(Br)cc1S(=O)(=O)N(CC)C1CCNC1. The van der Waals surface area contributed by atoms with Crippen LogP contribution >= 0.6 is 15.9 Å². The number of nitrogens with one attached hydrogen (secondary N) is 1. The molecule has 1 aromatic rings. The molecule has 0 spiro atoms. The second-order valence-electron chi connectivity index (χ2n) is 4.88. The summed E-state index contributed by atoms with van der Waals surface area (Å²) in [6.45, 7) is 6.15. The molecule has 2 rings (SSSR count). The van der Waals surface area contributed by atoms with E-state index in [1.807, 2.05) is 13.8 Å². The molecule has 21 heavy (non-hydrogen) atoms. The van der Waals surface area contributed by atoms with Crippen LogP contribution < -0.4 is 10.1 Å². The number of halogens is 1. The Bertz CT molecular complexity index is 586. The molecule has 0 amide bonds. The van der Waals surface area contributed by atoms with Gasteiger partial charge in [-0.05, 0) is 38.1 Å². The van der Waals surface area contributed by atoms with Crippen LogP contribution in [0.3, 0.4) is 0 Å². The Balaban J connectivity index is 2.43. The Kier molecular flexibility index (Phi) is 5.65. The van der Waals surface area contributed by atoms with Crippen molar-refractivity contribution in [1.82, 2.24) is 9.62 Å². The maximum absolute atomic E-state index is 13.0. The van der Waals surface area contributed by atoms with E-state index >= 15 is 0 Å². The monoisotopic (exact) mass is 376 g/mol. The van der Waals surface area contributed by atoms with Crippen molar-refractivity contribution in [2.24, 2.45) is 0 Å². The van der Waals surface area contributed by atoms with E-state index in [1.165, 1.54) is 0 Å². The van der Waals surface area contributed by atoms with Gasteiger partial charge in [0.25, 0.3) is 0 Å². The van der Waals surface area contributed by atoms with Crippen molar-refractivity contribution >= 4 is 26.0 Å². The van der Waals surface area contributed by atoms with E-state index in [4.69, 9.17) is 4.74 Å². The van der Waals surface area contributed by atoms with E-state index in [9.17, 15) is 8.42 Å². The lowest BCUT2D eigenvalue weighted by molar-refractivity contribution is 0.322. The quantitative estimate of drug-likeness (QED) is 0.826. The van der Waals surface area contributed by atoms with Crippen molar-refractivity contribution in [2.45, 2.75) is 31.2 Å². The molecule has 0 aliphatic carbocycles. The molecule has 1 aliphatic heterocycles. The van der Waals surface area contributed by atoms with E-state index in [1.54, 1.807) is 22.5 Å². The highest BCUT2D eigenvalue weighted by atomic mass is 79.9. The minimum Gasteiger partial charge on any atom is -0.492 e. The molecule has 0 aromatic heterocycles. The summed E-state index contributed by atoms with van der Waals surface area (Å²) in [6.07, 6.45) is 0.838. The maximum atomic E-state index is 13.0. The second kappa shape index (κ2) is 7.09. The van der Waals surface area contributed by atoms with Gasteiger partial charge in [-0.2, -0.15) is 4.31 Å². The summed E-state index contributed by atoms with van der Waals surface area (Å²) in [4.78, 5) is 0.229. The minimum absolute atomic E-state index is 0.00783. The Morgan fingerprint density at radius 3 is 2.76 bits per heavy atom. The van der Waals surface area contributed by atoms with Gasteiger partial charge in [0.1, 0.15) is 10.6 Å². The molecule has 0 bridgehead atoms.